The highest BCUT2D eigenvalue weighted by molar-refractivity contribution is 5.63. The van der Waals surface area contributed by atoms with Crippen LogP contribution in [0.4, 0.5) is 45.5 Å². The molecule has 0 aliphatic heterocycles. The topological polar surface area (TPSA) is 223 Å². The monoisotopic (exact) mass is 732 g/mol. The molecule has 0 aliphatic rings. The Morgan fingerprint density at radius 2 is 0.906 bits per heavy atom. The van der Waals surface area contributed by atoms with E-state index in [1.807, 2.05) is 19.9 Å². The maximum atomic E-state index is 10.9. The second kappa shape index (κ2) is 21.1. The summed E-state index contributed by atoms with van der Waals surface area (Å²) in [5.74, 6) is -0.559. The minimum Gasteiger partial charge on any atom is -0.506 e. The fourth-order valence-corrected chi connectivity index (χ4v) is 4.87. The standard InChI is InChI=1S/C20H26N4O4.C16H18N4O4.CH4/c1-3-5-11-23(12-6-4-2)15-7-9-17(20(26)14-15)21-22-18-13-16(24(27)28)8-10-19(18)25;1-3-19(4-2)11-5-7-13(16(22)10-11)17-18-14-9-12(20(23)24)6-8-15(14)21;/h7-10,13-14,25-26H,3-6,11-12H2,1-2H3;5-10,21-22H,3-4H2,1-2H3;1H4. The van der Waals surface area contributed by atoms with Gasteiger partial charge in [0.25, 0.3) is 11.4 Å². The van der Waals surface area contributed by atoms with Crippen molar-refractivity contribution >= 4 is 45.5 Å². The molecule has 0 fully saturated rings. The molecule has 0 aliphatic carbocycles. The van der Waals surface area contributed by atoms with Gasteiger partial charge in [-0.2, -0.15) is 0 Å². The highest BCUT2D eigenvalue weighted by Crippen LogP contribution is 2.37. The normalized spacial score (nSPS) is 10.8. The van der Waals surface area contributed by atoms with E-state index in [1.54, 1.807) is 30.3 Å². The number of anilines is 2. The van der Waals surface area contributed by atoms with E-state index in [0.717, 1.165) is 75.4 Å². The number of unbranched alkanes of at least 4 members (excludes halogenated alkanes) is 2. The maximum absolute atomic E-state index is 10.9. The van der Waals surface area contributed by atoms with Crippen molar-refractivity contribution < 1.29 is 30.3 Å². The average molecular weight is 733 g/mol. The van der Waals surface area contributed by atoms with Gasteiger partial charge in [-0.25, -0.2) is 0 Å². The van der Waals surface area contributed by atoms with E-state index in [1.165, 1.54) is 24.3 Å². The number of nitro benzene ring substituents is 2. The average Bonchev–Trinajstić information content (AvgIpc) is 3.12. The van der Waals surface area contributed by atoms with Crippen molar-refractivity contribution in [3.63, 3.8) is 0 Å². The van der Waals surface area contributed by atoms with E-state index in [-0.39, 0.29) is 64.5 Å². The zero-order chi connectivity index (χ0) is 38.2. The van der Waals surface area contributed by atoms with Gasteiger partial charge in [0.2, 0.25) is 0 Å². The molecule has 0 unspecified atom stereocenters. The predicted octanol–water partition coefficient (Wildman–Crippen LogP) is 10.7. The molecule has 0 heterocycles. The number of hydrogen-bond donors (Lipinski definition) is 4. The number of phenols is 4. The molecule has 0 bridgehead atoms. The molecule has 4 aromatic carbocycles. The number of aromatic hydroxyl groups is 4. The third-order valence-corrected chi connectivity index (χ3v) is 7.85. The predicted molar refractivity (Wildman–Crippen MR) is 206 cm³/mol. The molecule has 0 saturated heterocycles. The molecule has 284 valence electrons. The minimum absolute atomic E-state index is 0. The Bertz CT molecular complexity index is 1870. The number of nitrogens with zero attached hydrogens (tertiary/aromatic N) is 8. The number of phenolic OH excluding ortho intramolecular Hbond substituents is 4. The fraction of sp³-hybridized carbons (Fsp3) is 0.351. The summed E-state index contributed by atoms with van der Waals surface area (Å²) >= 11 is 0. The molecule has 0 atom stereocenters. The van der Waals surface area contributed by atoms with Crippen LogP contribution in [0.15, 0.2) is 93.3 Å². The van der Waals surface area contributed by atoms with Gasteiger partial charge < -0.3 is 30.2 Å². The highest BCUT2D eigenvalue weighted by Gasteiger charge is 2.13. The number of benzene rings is 4. The van der Waals surface area contributed by atoms with Crippen molar-refractivity contribution in [1.82, 2.24) is 0 Å². The Morgan fingerprint density at radius 1 is 0.528 bits per heavy atom. The van der Waals surface area contributed by atoms with Gasteiger partial charge in [-0.15, -0.1) is 20.5 Å². The first kappa shape index (κ1) is 42.8. The Hall–Kier alpha value is -6.32. The summed E-state index contributed by atoms with van der Waals surface area (Å²) in [6.07, 6.45) is 4.32. The van der Waals surface area contributed by atoms with Gasteiger partial charge in [-0.1, -0.05) is 34.1 Å². The largest absolute Gasteiger partial charge is 0.506 e. The smallest absolute Gasteiger partial charge is 0.271 e. The van der Waals surface area contributed by atoms with Gasteiger partial charge in [0, 0.05) is 74.0 Å². The quantitative estimate of drug-likeness (QED) is 0.0484. The summed E-state index contributed by atoms with van der Waals surface area (Å²) in [4.78, 5) is 24.7. The van der Waals surface area contributed by atoms with Gasteiger partial charge in [-0.05, 0) is 63.1 Å². The number of non-ortho nitro benzene ring substituents is 2. The lowest BCUT2D eigenvalue weighted by Gasteiger charge is -2.25. The first-order valence-corrected chi connectivity index (χ1v) is 16.9. The van der Waals surface area contributed by atoms with Crippen LogP contribution in [0.2, 0.25) is 0 Å². The lowest BCUT2D eigenvalue weighted by atomic mass is 10.2. The van der Waals surface area contributed by atoms with Crippen LogP contribution in [-0.2, 0) is 0 Å². The summed E-state index contributed by atoms with van der Waals surface area (Å²) in [5, 5.41) is 77.0. The van der Waals surface area contributed by atoms with Crippen molar-refractivity contribution in [1.29, 1.82) is 0 Å². The van der Waals surface area contributed by atoms with Crippen molar-refractivity contribution in [3.8, 4) is 23.0 Å². The van der Waals surface area contributed by atoms with E-state index in [2.05, 4.69) is 44.1 Å². The van der Waals surface area contributed by atoms with Crippen LogP contribution in [0.5, 0.6) is 23.0 Å². The van der Waals surface area contributed by atoms with E-state index < -0.39 is 9.85 Å². The van der Waals surface area contributed by atoms with Crippen LogP contribution in [0, 0.1) is 20.2 Å². The molecule has 0 saturated carbocycles. The molecule has 53 heavy (non-hydrogen) atoms. The number of rotatable bonds is 16. The van der Waals surface area contributed by atoms with Gasteiger partial charge in [0.15, 0.2) is 0 Å². The third-order valence-electron chi connectivity index (χ3n) is 7.85. The van der Waals surface area contributed by atoms with Crippen molar-refractivity contribution in [2.24, 2.45) is 20.5 Å². The molecular formula is C37H48N8O8. The van der Waals surface area contributed by atoms with Crippen LogP contribution < -0.4 is 9.80 Å². The molecule has 4 rings (SSSR count). The zero-order valence-corrected chi connectivity index (χ0v) is 29.6. The first-order chi connectivity index (χ1) is 24.9. The van der Waals surface area contributed by atoms with Crippen LogP contribution >= 0.6 is 0 Å². The lowest BCUT2D eigenvalue weighted by molar-refractivity contribution is -0.385. The van der Waals surface area contributed by atoms with Crippen molar-refractivity contribution in [3.05, 3.63) is 93.0 Å². The molecule has 4 aromatic rings. The Morgan fingerprint density at radius 3 is 1.25 bits per heavy atom. The Labute approximate surface area is 308 Å². The fourth-order valence-electron chi connectivity index (χ4n) is 4.87. The lowest BCUT2D eigenvalue weighted by Crippen LogP contribution is -2.25. The summed E-state index contributed by atoms with van der Waals surface area (Å²) < 4.78 is 0. The molecule has 4 N–H and O–H groups in total. The summed E-state index contributed by atoms with van der Waals surface area (Å²) in [6, 6.07) is 17.1. The minimum atomic E-state index is -0.588. The van der Waals surface area contributed by atoms with E-state index >= 15 is 0 Å². The van der Waals surface area contributed by atoms with E-state index in [4.69, 9.17) is 0 Å². The summed E-state index contributed by atoms with van der Waals surface area (Å²) in [6.45, 7) is 11.7. The van der Waals surface area contributed by atoms with Crippen LogP contribution in [0.25, 0.3) is 0 Å². The highest BCUT2D eigenvalue weighted by atomic mass is 16.6. The van der Waals surface area contributed by atoms with Gasteiger partial charge in [-0.3, -0.25) is 20.2 Å². The van der Waals surface area contributed by atoms with Crippen molar-refractivity contribution in [2.75, 3.05) is 36.0 Å². The van der Waals surface area contributed by atoms with Crippen molar-refractivity contribution in [2.45, 2.75) is 60.8 Å². The maximum Gasteiger partial charge on any atom is 0.271 e. The molecular weight excluding hydrogens is 684 g/mol. The van der Waals surface area contributed by atoms with Crippen LogP contribution in [-0.4, -0.2) is 56.5 Å². The molecule has 0 amide bonds. The van der Waals surface area contributed by atoms with Gasteiger partial charge in [0.05, 0.1) is 9.85 Å². The summed E-state index contributed by atoms with van der Waals surface area (Å²) in [7, 11) is 0. The Kier molecular flexibility index (Phi) is 17.1. The SMILES string of the molecule is C.CCCCN(CCCC)c1ccc(N=Nc2cc([N+](=O)[O-])ccc2O)c(O)c1.CCN(CC)c1ccc(N=Nc2cc([N+](=O)[O-])ccc2O)c(O)c1. The number of azo groups is 2. The first-order valence-electron chi connectivity index (χ1n) is 16.9. The number of hydrogen-bond acceptors (Lipinski definition) is 14. The van der Waals surface area contributed by atoms with Gasteiger partial charge >= 0.3 is 0 Å². The molecule has 16 heteroatoms. The molecule has 16 nitrogen and oxygen atoms in total. The van der Waals surface area contributed by atoms with Gasteiger partial charge in [0.1, 0.15) is 45.7 Å². The zero-order valence-electron chi connectivity index (χ0n) is 29.6. The summed E-state index contributed by atoms with van der Waals surface area (Å²) in [5.41, 5.74) is 1.71. The second-order valence-corrected chi connectivity index (χ2v) is 11.5. The van der Waals surface area contributed by atoms with E-state index in [9.17, 15) is 40.7 Å². The van der Waals surface area contributed by atoms with Crippen LogP contribution in [0.1, 0.15) is 60.8 Å². The second-order valence-electron chi connectivity index (χ2n) is 11.5. The number of nitro groups is 2. The molecule has 0 spiro atoms. The van der Waals surface area contributed by atoms with Crippen LogP contribution in [0.3, 0.4) is 0 Å². The Balaban J connectivity index is 0.000000364. The molecule has 0 aromatic heterocycles. The third kappa shape index (κ3) is 12.4. The molecule has 0 radical (unpaired) electrons. The van der Waals surface area contributed by atoms with E-state index in [0.29, 0.717) is 0 Å².